The molecule has 0 aromatic carbocycles. The number of esters is 4. The Bertz CT molecular complexity index is 1720. The number of carbonyl (C=O) groups excluding carboxylic acids is 4. The number of rotatable bonds is 68. The highest BCUT2D eigenvalue weighted by molar-refractivity contribution is 7.47. The zero-order valence-corrected chi connectivity index (χ0v) is 58.8. The normalized spacial score (nSPS) is 14.5. The molecule has 0 saturated heterocycles. The minimum Gasteiger partial charge on any atom is -0.462 e. The first kappa shape index (κ1) is 86.1. The first-order valence-electron chi connectivity index (χ1n) is 36.0. The maximum absolute atomic E-state index is 13.0. The van der Waals surface area contributed by atoms with E-state index in [1.165, 1.54) is 148 Å². The summed E-state index contributed by atoms with van der Waals surface area (Å²) in [6.07, 6.45) is 46.3. The van der Waals surface area contributed by atoms with E-state index in [0.29, 0.717) is 31.6 Å². The van der Waals surface area contributed by atoms with Gasteiger partial charge in [-0.3, -0.25) is 37.3 Å². The number of carbonyl (C=O) groups is 4. The van der Waals surface area contributed by atoms with E-state index in [1.807, 2.05) is 0 Å². The maximum Gasteiger partial charge on any atom is 0.472 e. The minimum atomic E-state index is -4.95. The molecule has 3 unspecified atom stereocenters. The fourth-order valence-electron chi connectivity index (χ4n) is 10.4. The molecule has 6 atom stereocenters. The summed E-state index contributed by atoms with van der Waals surface area (Å²) in [7, 11) is -9.89. The second-order valence-electron chi connectivity index (χ2n) is 25.6. The lowest BCUT2D eigenvalue weighted by atomic mass is 10.00. The van der Waals surface area contributed by atoms with Gasteiger partial charge in [-0.25, -0.2) is 9.13 Å². The molecule has 0 radical (unpaired) electrons. The molecule has 0 aliphatic rings. The molecule has 19 heteroatoms. The van der Waals surface area contributed by atoms with Crippen molar-refractivity contribution in [3.05, 3.63) is 0 Å². The van der Waals surface area contributed by atoms with Gasteiger partial charge in [-0.15, -0.1) is 0 Å². The van der Waals surface area contributed by atoms with Crippen molar-refractivity contribution in [2.45, 2.75) is 368 Å². The van der Waals surface area contributed by atoms with Crippen LogP contribution in [0.2, 0.25) is 0 Å². The van der Waals surface area contributed by atoms with Gasteiger partial charge >= 0.3 is 39.5 Å². The molecule has 0 aliphatic carbocycles. The Labute approximate surface area is 537 Å². The smallest absolute Gasteiger partial charge is 0.462 e. The SMILES string of the molecule is CCCCCCCCCCCCCCCCCCCCCCCC(=O)O[C@H](COC(=O)CCCCCCCCCC(C)C)COP(=O)(O)OC[C@@H](O)COP(=O)(O)OC[C@@H](COC(=O)CCCCCCCCC)OC(=O)CCCCCCCCC(C)CC. The highest BCUT2D eigenvalue weighted by Crippen LogP contribution is 2.45. The van der Waals surface area contributed by atoms with Crippen molar-refractivity contribution in [1.82, 2.24) is 0 Å². The lowest BCUT2D eigenvalue weighted by Gasteiger charge is -2.21. The monoisotopic (exact) mass is 1300 g/mol. The van der Waals surface area contributed by atoms with Gasteiger partial charge in [0.1, 0.15) is 19.3 Å². The quantitative estimate of drug-likeness (QED) is 0.0222. The van der Waals surface area contributed by atoms with Crippen LogP contribution >= 0.6 is 15.6 Å². The molecule has 88 heavy (non-hydrogen) atoms. The van der Waals surface area contributed by atoms with Crippen molar-refractivity contribution in [3.63, 3.8) is 0 Å². The largest absolute Gasteiger partial charge is 0.472 e. The predicted molar refractivity (Wildman–Crippen MR) is 354 cm³/mol. The summed E-state index contributed by atoms with van der Waals surface area (Å²) in [5.41, 5.74) is 0. The molecule has 0 bridgehead atoms. The summed E-state index contributed by atoms with van der Waals surface area (Å²) < 4.78 is 68.0. The van der Waals surface area contributed by atoms with Crippen molar-refractivity contribution in [3.8, 4) is 0 Å². The molecular weight excluding hydrogens is 1160 g/mol. The molecule has 3 N–H and O–H groups in total. The summed E-state index contributed by atoms with van der Waals surface area (Å²) in [5, 5.41) is 10.5. The molecular formula is C69H134O17P2. The Hall–Kier alpha value is -1.94. The highest BCUT2D eigenvalue weighted by Gasteiger charge is 2.30. The Morgan fingerprint density at radius 3 is 0.864 bits per heavy atom. The number of hydrogen-bond acceptors (Lipinski definition) is 15. The average Bonchev–Trinajstić information content (AvgIpc) is 3.60. The summed E-state index contributed by atoms with van der Waals surface area (Å²) >= 11 is 0. The summed E-state index contributed by atoms with van der Waals surface area (Å²) in [4.78, 5) is 72.2. The summed E-state index contributed by atoms with van der Waals surface area (Å²) in [5.74, 6) is -0.711. The zero-order valence-electron chi connectivity index (χ0n) is 57.0. The molecule has 0 spiro atoms. The van der Waals surface area contributed by atoms with E-state index < -0.39 is 97.5 Å². The molecule has 0 rings (SSSR count). The first-order valence-corrected chi connectivity index (χ1v) is 39.0. The molecule has 0 aliphatic heterocycles. The van der Waals surface area contributed by atoms with Gasteiger partial charge in [0.15, 0.2) is 12.2 Å². The second-order valence-corrected chi connectivity index (χ2v) is 28.5. The third kappa shape index (κ3) is 61.6. The van der Waals surface area contributed by atoms with E-state index in [1.54, 1.807) is 0 Å². The standard InChI is InChI=1S/C69H134O17P2/c1-7-10-12-14-16-17-18-19-20-21-22-23-24-25-26-27-28-29-33-41-47-53-68(73)85-64(58-80-67(72)52-46-40-34-30-32-37-43-49-61(4)5)59-83-87(75,76)81-55-63(70)56-82-88(77,78)84-60-65(57-79-66(71)51-45-39-31-15-13-11-8-2)86-69(74)54-48-42-36-35-38-44-50-62(6)9-3/h61-65,70H,7-60H2,1-6H3,(H,75,76)(H,77,78)/t62?,63-,64-,65-/m1/s1. The van der Waals surface area contributed by atoms with E-state index >= 15 is 0 Å². The number of phosphoric acid groups is 2. The molecule has 0 saturated carbocycles. The van der Waals surface area contributed by atoms with Gasteiger partial charge < -0.3 is 33.8 Å². The van der Waals surface area contributed by atoms with Crippen LogP contribution < -0.4 is 0 Å². The van der Waals surface area contributed by atoms with Crippen molar-refractivity contribution in [2.24, 2.45) is 11.8 Å². The summed E-state index contributed by atoms with van der Waals surface area (Å²) in [6, 6.07) is 0. The number of aliphatic hydroxyl groups excluding tert-OH is 1. The van der Waals surface area contributed by atoms with Crippen molar-refractivity contribution < 1.29 is 80.2 Å². The van der Waals surface area contributed by atoms with Crippen LogP contribution in [0.1, 0.15) is 350 Å². The third-order valence-corrected chi connectivity index (χ3v) is 18.2. The molecule has 0 heterocycles. The van der Waals surface area contributed by atoms with Crippen molar-refractivity contribution in [1.29, 1.82) is 0 Å². The Balaban J connectivity index is 5.12. The number of hydrogen-bond donors (Lipinski definition) is 3. The third-order valence-electron chi connectivity index (χ3n) is 16.3. The van der Waals surface area contributed by atoms with Crippen LogP contribution in [0, 0.1) is 11.8 Å². The van der Waals surface area contributed by atoms with Gasteiger partial charge in [0.25, 0.3) is 0 Å². The van der Waals surface area contributed by atoms with Gasteiger partial charge in [-0.05, 0) is 37.5 Å². The molecule has 0 aromatic heterocycles. The van der Waals surface area contributed by atoms with E-state index in [2.05, 4.69) is 41.5 Å². The predicted octanol–water partition coefficient (Wildman–Crippen LogP) is 19.6. The molecule has 0 fully saturated rings. The van der Waals surface area contributed by atoms with Gasteiger partial charge in [0, 0.05) is 25.7 Å². The lowest BCUT2D eigenvalue weighted by molar-refractivity contribution is -0.161. The highest BCUT2D eigenvalue weighted by atomic mass is 31.2. The van der Waals surface area contributed by atoms with E-state index in [-0.39, 0.29) is 25.7 Å². The van der Waals surface area contributed by atoms with Gasteiger partial charge in [-0.1, -0.05) is 298 Å². The van der Waals surface area contributed by atoms with Crippen LogP contribution in [0.15, 0.2) is 0 Å². The van der Waals surface area contributed by atoms with Crippen LogP contribution in [0.4, 0.5) is 0 Å². The summed E-state index contributed by atoms with van der Waals surface area (Å²) in [6.45, 7) is 9.38. The van der Waals surface area contributed by atoms with E-state index in [9.17, 15) is 43.2 Å². The lowest BCUT2D eigenvalue weighted by Crippen LogP contribution is -2.30. The van der Waals surface area contributed by atoms with Crippen molar-refractivity contribution in [2.75, 3.05) is 39.6 Å². The topological polar surface area (TPSA) is 237 Å². The Kier molecular flexibility index (Phi) is 59.9. The molecule has 0 aromatic rings. The second kappa shape index (κ2) is 61.3. The minimum absolute atomic E-state index is 0.102. The van der Waals surface area contributed by atoms with Gasteiger partial charge in [0.2, 0.25) is 0 Å². The Morgan fingerprint density at radius 2 is 0.580 bits per heavy atom. The van der Waals surface area contributed by atoms with Crippen LogP contribution in [0.3, 0.4) is 0 Å². The van der Waals surface area contributed by atoms with E-state index in [4.69, 9.17) is 37.0 Å². The average molecular weight is 1300 g/mol. The fourth-order valence-corrected chi connectivity index (χ4v) is 12.0. The van der Waals surface area contributed by atoms with Crippen LogP contribution in [0.25, 0.3) is 0 Å². The van der Waals surface area contributed by atoms with E-state index in [0.717, 1.165) is 115 Å². The molecule has 17 nitrogen and oxygen atoms in total. The molecule has 0 amide bonds. The van der Waals surface area contributed by atoms with Crippen LogP contribution in [-0.2, 0) is 65.4 Å². The zero-order chi connectivity index (χ0) is 65.0. The van der Waals surface area contributed by atoms with Crippen molar-refractivity contribution >= 4 is 39.5 Å². The number of aliphatic hydroxyl groups is 1. The van der Waals surface area contributed by atoms with Gasteiger partial charge in [0.05, 0.1) is 26.4 Å². The first-order chi connectivity index (χ1) is 42.4. The Morgan fingerprint density at radius 1 is 0.330 bits per heavy atom. The number of phosphoric ester groups is 2. The van der Waals surface area contributed by atoms with Crippen LogP contribution in [0.5, 0.6) is 0 Å². The fraction of sp³-hybridized carbons (Fsp3) is 0.942. The number of unbranched alkanes of at least 4 members (excludes halogenated alkanes) is 37. The maximum atomic E-state index is 13.0. The van der Waals surface area contributed by atoms with Crippen LogP contribution in [-0.4, -0.2) is 96.7 Å². The van der Waals surface area contributed by atoms with Gasteiger partial charge in [-0.2, -0.15) is 0 Å². The molecule has 522 valence electrons. The number of ether oxygens (including phenoxy) is 4.